The molecule has 0 aliphatic heterocycles. The standard InChI is InChI=1S/C8H11NO2.C7H7NO3/c9-7-1-2-8(11)6(5-7)3-4-10;8-4-1-2-6(9)5(3-4)7(10)11/h1-2,5,10-11H,3-4,9H2;1-3,9H,8H2,(H,10,11). The van der Waals surface area contributed by atoms with Gasteiger partial charge in [0, 0.05) is 18.0 Å². The fraction of sp³-hybridized carbons (Fsp3) is 0.133. The van der Waals surface area contributed by atoms with Crippen LogP contribution in [0.3, 0.4) is 0 Å². The molecule has 0 heterocycles. The second-order valence-electron chi connectivity index (χ2n) is 4.44. The van der Waals surface area contributed by atoms with Crippen LogP contribution in [-0.4, -0.2) is 33.0 Å². The van der Waals surface area contributed by atoms with Gasteiger partial charge in [-0.3, -0.25) is 0 Å². The molecular weight excluding hydrogens is 288 g/mol. The number of phenols is 2. The lowest BCUT2D eigenvalue weighted by Gasteiger charge is -2.02. The summed E-state index contributed by atoms with van der Waals surface area (Å²) in [4.78, 5) is 10.4. The van der Waals surface area contributed by atoms with Crippen molar-refractivity contribution in [2.75, 3.05) is 18.1 Å². The topological polar surface area (TPSA) is 150 Å². The number of aromatic carboxylic acids is 1. The number of anilines is 2. The molecule has 0 unspecified atom stereocenters. The molecule has 0 atom stereocenters. The van der Waals surface area contributed by atoms with Gasteiger partial charge >= 0.3 is 5.97 Å². The Morgan fingerprint density at radius 3 is 2.00 bits per heavy atom. The van der Waals surface area contributed by atoms with E-state index < -0.39 is 5.97 Å². The predicted molar refractivity (Wildman–Crippen MR) is 82.8 cm³/mol. The Balaban J connectivity index is 0.000000220. The minimum Gasteiger partial charge on any atom is -0.508 e. The summed E-state index contributed by atoms with van der Waals surface area (Å²) in [7, 11) is 0. The van der Waals surface area contributed by atoms with E-state index in [9.17, 15) is 9.90 Å². The molecule has 2 rings (SSSR count). The zero-order valence-corrected chi connectivity index (χ0v) is 11.7. The SMILES string of the molecule is Nc1ccc(O)c(C(=O)O)c1.Nc1ccc(O)c(CCO)c1. The Kier molecular flexibility index (Phi) is 6.03. The van der Waals surface area contributed by atoms with E-state index in [2.05, 4.69) is 0 Å². The Morgan fingerprint density at radius 1 is 0.955 bits per heavy atom. The highest BCUT2D eigenvalue weighted by Crippen LogP contribution is 2.20. The lowest BCUT2D eigenvalue weighted by Crippen LogP contribution is -1.97. The summed E-state index contributed by atoms with van der Waals surface area (Å²) in [6.07, 6.45) is 0.441. The van der Waals surface area contributed by atoms with E-state index in [1.54, 1.807) is 12.1 Å². The first-order valence-electron chi connectivity index (χ1n) is 6.35. The van der Waals surface area contributed by atoms with Crippen molar-refractivity contribution in [1.82, 2.24) is 0 Å². The molecule has 118 valence electrons. The smallest absolute Gasteiger partial charge is 0.339 e. The Hall–Kier alpha value is -2.93. The quantitative estimate of drug-likeness (QED) is 0.368. The molecule has 0 radical (unpaired) electrons. The molecule has 2 aromatic rings. The molecule has 0 aliphatic rings. The molecule has 8 N–H and O–H groups in total. The summed E-state index contributed by atoms with van der Waals surface area (Å²) in [6.45, 7) is 0.0248. The van der Waals surface area contributed by atoms with Gasteiger partial charge in [-0.05, 0) is 48.4 Å². The molecule has 0 aliphatic carbocycles. The van der Waals surface area contributed by atoms with Gasteiger partial charge in [0.1, 0.15) is 17.1 Å². The van der Waals surface area contributed by atoms with Crippen LogP contribution in [0.4, 0.5) is 11.4 Å². The zero-order valence-electron chi connectivity index (χ0n) is 11.7. The van der Waals surface area contributed by atoms with E-state index in [-0.39, 0.29) is 23.7 Å². The Morgan fingerprint density at radius 2 is 1.50 bits per heavy atom. The highest BCUT2D eigenvalue weighted by atomic mass is 16.4. The molecule has 22 heavy (non-hydrogen) atoms. The van der Waals surface area contributed by atoms with Gasteiger partial charge in [0.25, 0.3) is 0 Å². The number of aliphatic hydroxyl groups is 1. The summed E-state index contributed by atoms with van der Waals surface area (Å²) >= 11 is 0. The number of nitrogen functional groups attached to an aromatic ring is 2. The number of hydrogen-bond acceptors (Lipinski definition) is 6. The summed E-state index contributed by atoms with van der Waals surface area (Å²) < 4.78 is 0. The minimum atomic E-state index is -1.19. The fourth-order valence-corrected chi connectivity index (χ4v) is 1.65. The summed E-state index contributed by atoms with van der Waals surface area (Å²) in [5.74, 6) is -1.27. The Bertz CT molecular complexity index is 658. The van der Waals surface area contributed by atoms with E-state index in [0.717, 1.165) is 0 Å². The predicted octanol–water partition coefficient (Wildman–Crippen LogP) is 1.18. The van der Waals surface area contributed by atoms with Crippen LogP contribution in [0.5, 0.6) is 11.5 Å². The highest BCUT2D eigenvalue weighted by Gasteiger charge is 2.08. The number of carbonyl (C=O) groups is 1. The number of hydrogen-bond donors (Lipinski definition) is 6. The second-order valence-corrected chi connectivity index (χ2v) is 4.44. The van der Waals surface area contributed by atoms with Gasteiger partial charge in [0.15, 0.2) is 0 Å². The summed E-state index contributed by atoms with van der Waals surface area (Å²) in [6, 6.07) is 8.69. The van der Waals surface area contributed by atoms with Crippen molar-refractivity contribution in [2.24, 2.45) is 0 Å². The van der Waals surface area contributed by atoms with Gasteiger partial charge in [-0.15, -0.1) is 0 Å². The number of carboxylic acid groups (broad SMARTS) is 1. The summed E-state index contributed by atoms with van der Waals surface area (Å²) in [5, 5.41) is 35.2. The number of aliphatic hydroxyl groups excluding tert-OH is 1. The van der Waals surface area contributed by atoms with Crippen LogP contribution in [0, 0.1) is 0 Å². The van der Waals surface area contributed by atoms with Crippen LogP contribution < -0.4 is 11.5 Å². The molecular formula is C15H18N2O5. The second kappa shape index (κ2) is 7.75. The number of rotatable bonds is 3. The van der Waals surface area contributed by atoms with Gasteiger partial charge in [-0.2, -0.15) is 0 Å². The van der Waals surface area contributed by atoms with Gasteiger partial charge < -0.3 is 31.9 Å². The van der Waals surface area contributed by atoms with Gasteiger partial charge in [0.05, 0.1) is 0 Å². The van der Waals surface area contributed by atoms with E-state index in [0.29, 0.717) is 23.4 Å². The van der Waals surface area contributed by atoms with Crippen molar-refractivity contribution in [3.8, 4) is 11.5 Å². The minimum absolute atomic E-state index is 0.0248. The summed E-state index contributed by atoms with van der Waals surface area (Å²) in [5.41, 5.74) is 12.2. The largest absolute Gasteiger partial charge is 0.508 e. The third-order valence-electron chi connectivity index (χ3n) is 2.74. The highest BCUT2D eigenvalue weighted by molar-refractivity contribution is 5.91. The molecule has 0 bridgehead atoms. The van der Waals surface area contributed by atoms with E-state index in [4.69, 9.17) is 26.8 Å². The van der Waals surface area contributed by atoms with E-state index >= 15 is 0 Å². The average Bonchev–Trinajstić information content (AvgIpc) is 2.46. The van der Waals surface area contributed by atoms with Crippen molar-refractivity contribution in [3.63, 3.8) is 0 Å². The molecule has 0 fully saturated rings. The molecule has 0 aromatic heterocycles. The third-order valence-corrected chi connectivity index (χ3v) is 2.74. The normalized spacial score (nSPS) is 9.68. The van der Waals surface area contributed by atoms with Crippen molar-refractivity contribution < 1.29 is 25.2 Å². The molecule has 0 spiro atoms. The van der Waals surface area contributed by atoms with Crippen LogP contribution in [0.1, 0.15) is 15.9 Å². The number of carboxylic acids is 1. The van der Waals surface area contributed by atoms with E-state index in [1.807, 2.05) is 0 Å². The maximum Gasteiger partial charge on any atom is 0.339 e. The molecule has 2 aromatic carbocycles. The third kappa shape index (κ3) is 4.88. The van der Waals surface area contributed by atoms with Crippen LogP contribution >= 0.6 is 0 Å². The number of aromatic hydroxyl groups is 2. The van der Waals surface area contributed by atoms with E-state index in [1.165, 1.54) is 24.3 Å². The van der Waals surface area contributed by atoms with Gasteiger partial charge in [0.2, 0.25) is 0 Å². The molecule has 7 nitrogen and oxygen atoms in total. The van der Waals surface area contributed by atoms with Crippen molar-refractivity contribution >= 4 is 17.3 Å². The van der Waals surface area contributed by atoms with Gasteiger partial charge in [-0.25, -0.2) is 4.79 Å². The lowest BCUT2D eigenvalue weighted by atomic mass is 10.1. The van der Waals surface area contributed by atoms with Crippen molar-refractivity contribution in [1.29, 1.82) is 0 Å². The van der Waals surface area contributed by atoms with Crippen LogP contribution in [0.2, 0.25) is 0 Å². The fourth-order valence-electron chi connectivity index (χ4n) is 1.65. The van der Waals surface area contributed by atoms with Crippen molar-refractivity contribution in [3.05, 3.63) is 47.5 Å². The number of nitrogens with two attached hydrogens (primary N) is 2. The van der Waals surface area contributed by atoms with Crippen LogP contribution in [0.25, 0.3) is 0 Å². The van der Waals surface area contributed by atoms with Crippen LogP contribution in [-0.2, 0) is 6.42 Å². The monoisotopic (exact) mass is 306 g/mol. The molecule has 0 amide bonds. The maximum atomic E-state index is 10.4. The first-order chi connectivity index (χ1) is 10.3. The molecule has 0 saturated carbocycles. The Labute approximate surface area is 127 Å². The maximum absolute atomic E-state index is 10.4. The van der Waals surface area contributed by atoms with Crippen LogP contribution in [0.15, 0.2) is 36.4 Å². The molecule has 0 saturated heterocycles. The first kappa shape index (κ1) is 17.1. The first-order valence-corrected chi connectivity index (χ1v) is 6.35. The van der Waals surface area contributed by atoms with Gasteiger partial charge in [-0.1, -0.05) is 0 Å². The number of phenolic OH excluding ortho intramolecular Hbond substituents is 1. The van der Waals surface area contributed by atoms with Crippen molar-refractivity contribution in [2.45, 2.75) is 6.42 Å². The molecule has 7 heteroatoms. The zero-order chi connectivity index (χ0) is 16.7. The number of benzene rings is 2. The lowest BCUT2D eigenvalue weighted by molar-refractivity contribution is 0.0694. The average molecular weight is 306 g/mol.